The molecule has 0 bridgehead atoms. The van der Waals surface area contributed by atoms with E-state index in [9.17, 15) is 0 Å². The normalized spacial score (nSPS) is 9.58. The van der Waals surface area contributed by atoms with Crippen LogP contribution in [0.25, 0.3) is 0 Å². The van der Waals surface area contributed by atoms with E-state index in [-0.39, 0.29) is 0 Å². The van der Waals surface area contributed by atoms with Crippen molar-refractivity contribution >= 4 is 22.9 Å². The standard InChI is InChI=1S/C10H13NS/c1-7-5-4-6-10(8(7)2)11-9(3)12/h4-6H,1-3H3,(H,11,12). The van der Waals surface area contributed by atoms with Gasteiger partial charge in [0.25, 0.3) is 0 Å². The van der Waals surface area contributed by atoms with Crippen molar-refractivity contribution in [3.05, 3.63) is 29.3 Å². The molecule has 1 rings (SSSR count). The molecule has 0 aliphatic carbocycles. The van der Waals surface area contributed by atoms with Crippen molar-refractivity contribution in [1.82, 2.24) is 0 Å². The first-order valence-electron chi connectivity index (χ1n) is 3.95. The van der Waals surface area contributed by atoms with E-state index in [0.717, 1.165) is 10.7 Å². The van der Waals surface area contributed by atoms with E-state index in [0.29, 0.717) is 0 Å². The monoisotopic (exact) mass is 179 g/mol. The van der Waals surface area contributed by atoms with Gasteiger partial charge >= 0.3 is 0 Å². The summed E-state index contributed by atoms with van der Waals surface area (Å²) in [5.41, 5.74) is 3.67. The summed E-state index contributed by atoms with van der Waals surface area (Å²) < 4.78 is 0. The number of aryl methyl sites for hydroxylation is 1. The van der Waals surface area contributed by atoms with E-state index in [1.807, 2.05) is 19.1 Å². The number of thiocarbonyl (C=S) groups is 1. The molecular weight excluding hydrogens is 166 g/mol. The minimum Gasteiger partial charge on any atom is -0.350 e. The summed E-state index contributed by atoms with van der Waals surface area (Å²) in [6.45, 7) is 6.08. The SMILES string of the molecule is CC(=S)Nc1cccc(C)c1C. The molecule has 64 valence electrons. The highest BCUT2D eigenvalue weighted by atomic mass is 32.1. The van der Waals surface area contributed by atoms with E-state index in [1.165, 1.54) is 11.1 Å². The largest absolute Gasteiger partial charge is 0.350 e. The zero-order chi connectivity index (χ0) is 9.14. The molecule has 0 aromatic heterocycles. The molecule has 2 heteroatoms. The Balaban J connectivity index is 3.00. The molecule has 0 spiro atoms. The Labute approximate surface area is 78.8 Å². The van der Waals surface area contributed by atoms with Gasteiger partial charge in [-0.05, 0) is 38.0 Å². The van der Waals surface area contributed by atoms with Crippen molar-refractivity contribution in [2.75, 3.05) is 5.32 Å². The molecule has 1 aromatic carbocycles. The second kappa shape index (κ2) is 3.68. The van der Waals surface area contributed by atoms with Crippen LogP contribution < -0.4 is 5.32 Å². The quantitative estimate of drug-likeness (QED) is 0.665. The van der Waals surface area contributed by atoms with Crippen LogP contribution >= 0.6 is 12.2 Å². The smallest absolute Gasteiger partial charge is 0.0765 e. The van der Waals surface area contributed by atoms with Crippen LogP contribution in [0.4, 0.5) is 5.69 Å². The minimum atomic E-state index is 0.809. The Kier molecular flexibility index (Phi) is 2.82. The highest BCUT2D eigenvalue weighted by molar-refractivity contribution is 7.80. The number of rotatable bonds is 1. The first kappa shape index (κ1) is 9.20. The predicted molar refractivity (Wildman–Crippen MR) is 57.8 cm³/mol. The summed E-state index contributed by atoms with van der Waals surface area (Å²) >= 11 is 4.97. The second-order valence-corrected chi connectivity index (χ2v) is 3.54. The molecule has 12 heavy (non-hydrogen) atoms. The molecule has 1 aromatic rings. The molecule has 0 heterocycles. The predicted octanol–water partition coefficient (Wildman–Crippen LogP) is 3.06. The lowest BCUT2D eigenvalue weighted by Crippen LogP contribution is -2.05. The van der Waals surface area contributed by atoms with Crippen molar-refractivity contribution in [1.29, 1.82) is 0 Å². The van der Waals surface area contributed by atoms with Crippen molar-refractivity contribution in [2.24, 2.45) is 0 Å². The molecule has 1 nitrogen and oxygen atoms in total. The van der Waals surface area contributed by atoms with E-state index in [4.69, 9.17) is 12.2 Å². The molecule has 1 N–H and O–H groups in total. The van der Waals surface area contributed by atoms with Gasteiger partial charge in [-0.3, -0.25) is 0 Å². The fourth-order valence-corrected chi connectivity index (χ4v) is 1.19. The van der Waals surface area contributed by atoms with Crippen LogP contribution in [-0.4, -0.2) is 4.99 Å². The topological polar surface area (TPSA) is 12.0 Å². The summed E-state index contributed by atoms with van der Waals surface area (Å²) in [7, 11) is 0. The fourth-order valence-electron chi connectivity index (χ4n) is 1.08. The lowest BCUT2D eigenvalue weighted by atomic mass is 10.1. The highest BCUT2D eigenvalue weighted by Crippen LogP contribution is 2.17. The Morgan fingerprint density at radius 1 is 1.33 bits per heavy atom. The average molecular weight is 179 g/mol. The maximum absolute atomic E-state index is 4.97. The number of anilines is 1. The zero-order valence-electron chi connectivity index (χ0n) is 7.64. The van der Waals surface area contributed by atoms with E-state index in [2.05, 4.69) is 25.2 Å². The van der Waals surface area contributed by atoms with Crippen LogP contribution in [0.15, 0.2) is 18.2 Å². The molecule has 0 aliphatic heterocycles. The number of hydrogen-bond donors (Lipinski definition) is 1. The Morgan fingerprint density at radius 3 is 2.58 bits per heavy atom. The third-order valence-electron chi connectivity index (χ3n) is 1.92. The summed E-state index contributed by atoms with van der Waals surface area (Å²) in [5, 5.41) is 3.15. The summed E-state index contributed by atoms with van der Waals surface area (Å²) in [4.78, 5) is 0.809. The van der Waals surface area contributed by atoms with E-state index < -0.39 is 0 Å². The minimum absolute atomic E-state index is 0.809. The molecular formula is C10H13NS. The number of nitrogens with one attached hydrogen (secondary N) is 1. The van der Waals surface area contributed by atoms with Gasteiger partial charge in [0.1, 0.15) is 0 Å². The van der Waals surface area contributed by atoms with E-state index in [1.54, 1.807) is 0 Å². The second-order valence-electron chi connectivity index (χ2n) is 2.93. The van der Waals surface area contributed by atoms with Crippen LogP contribution in [0.3, 0.4) is 0 Å². The van der Waals surface area contributed by atoms with Gasteiger partial charge in [-0.25, -0.2) is 0 Å². The van der Waals surface area contributed by atoms with Crippen LogP contribution in [0.1, 0.15) is 18.1 Å². The molecule has 0 saturated carbocycles. The summed E-state index contributed by atoms with van der Waals surface area (Å²) in [6.07, 6.45) is 0. The summed E-state index contributed by atoms with van der Waals surface area (Å²) in [5.74, 6) is 0. The van der Waals surface area contributed by atoms with E-state index >= 15 is 0 Å². The lowest BCUT2D eigenvalue weighted by Gasteiger charge is -2.09. The Hall–Kier alpha value is -0.890. The van der Waals surface area contributed by atoms with Gasteiger partial charge in [-0.15, -0.1) is 0 Å². The summed E-state index contributed by atoms with van der Waals surface area (Å²) in [6, 6.07) is 6.17. The fraction of sp³-hybridized carbons (Fsp3) is 0.300. The highest BCUT2D eigenvalue weighted by Gasteiger charge is 1.98. The van der Waals surface area contributed by atoms with Crippen LogP contribution in [-0.2, 0) is 0 Å². The van der Waals surface area contributed by atoms with Gasteiger partial charge in [-0.2, -0.15) is 0 Å². The Bertz CT molecular complexity index is 305. The van der Waals surface area contributed by atoms with Crippen LogP contribution in [0.5, 0.6) is 0 Å². The van der Waals surface area contributed by atoms with Crippen molar-refractivity contribution in [3.63, 3.8) is 0 Å². The number of hydrogen-bond acceptors (Lipinski definition) is 1. The van der Waals surface area contributed by atoms with Gasteiger partial charge in [0.15, 0.2) is 0 Å². The maximum atomic E-state index is 4.97. The van der Waals surface area contributed by atoms with Crippen molar-refractivity contribution < 1.29 is 0 Å². The molecule has 0 atom stereocenters. The van der Waals surface area contributed by atoms with Gasteiger partial charge in [-0.1, -0.05) is 24.4 Å². The average Bonchev–Trinajstić information content (AvgIpc) is 1.98. The van der Waals surface area contributed by atoms with Gasteiger partial charge in [0.2, 0.25) is 0 Å². The Morgan fingerprint density at radius 2 is 2.00 bits per heavy atom. The lowest BCUT2D eigenvalue weighted by molar-refractivity contribution is 1.34. The molecule has 0 radical (unpaired) electrons. The van der Waals surface area contributed by atoms with Crippen molar-refractivity contribution in [3.8, 4) is 0 Å². The van der Waals surface area contributed by atoms with Gasteiger partial charge in [0, 0.05) is 5.69 Å². The molecule has 0 fully saturated rings. The van der Waals surface area contributed by atoms with Crippen LogP contribution in [0, 0.1) is 13.8 Å². The van der Waals surface area contributed by atoms with Crippen LogP contribution in [0.2, 0.25) is 0 Å². The van der Waals surface area contributed by atoms with Crippen molar-refractivity contribution in [2.45, 2.75) is 20.8 Å². The first-order valence-corrected chi connectivity index (χ1v) is 4.36. The third-order valence-corrected chi connectivity index (χ3v) is 2.02. The molecule has 0 saturated heterocycles. The van der Waals surface area contributed by atoms with Gasteiger partial charge < -0.3 is 5.32 Å². The zero-order valence-corrected chi connectivity index (χ0v) is 8.46. The third kappa shape index (κ3) is 2.05. The maximum Gasteiger partial charge on any atom is 0.0765 e. The first-order chi connectivity index (χ1) is 5.61. The number of benzene rings is 1. The molecule has 0 amide bonds. The molecule has 0 aliphatic rings. The molecule has 0 unspecified atom stereocenters. The van der Waals surface area contributed by atoms with Gasteiger partial charge in [0.05, 0.1) is 4.99 Å².